The van der Waals surface area contributed by atoms with Crippen LogP contribution in [-0.4, -0.2) is 84.3 Å². The lowest BCUT2D eigenvalue weighted by Gasteiger charge is -2.37. The molecule has 192 valence electrons. The molecule has 1 aromatic heterocycles. The summed E-state index contributed by atoms with van der Waals surface area (Å²) in [7, 11) is 2.11. The van der Waals surface area contributed by atoms with Crippen molar-refractivity contribution in [3.05, 3.63) is 54.6 Å². The number of rotatable bonds is 9. The highest BCUT2D eigenvalue weighted by atomic mass is 16.2. The number of hydrogen-bond donors (Lipinski definition) is 0. The van der Waals surface area contributed by atoms with Gasteiger partial charge in [0, 0.05) is 58.5 Å². The van der Waals surface area contributed by atoms with Crippen molar-refractivity contribution in [3.63, 3.8) is 0 Å². The van der Waals surface area contributed by atoms with Crippen LogP contribution < -0.4 is 9.80 Å². The van der Waals surface area contributed by atoms with Gasteiger partial charge >= 0.3 is 6.03 Å². The summed E-state index contributed by atoms with van der Waals surface area (Å²) in [6, 6.07) is 19.0. The first kappa shape index (κ1) is 24.6. The quantitative estimate of drug-likeness (QED) is 0.400. The molecule has 0 aliphatic carbocycles. The zero-order valence-corrected chi connectivity index (χ0v) is 21.9. The number of carbonyl (C=O) groups excluding carboxylic acids is 1. The SMILES string of the molecule is CCCCCCN1CC(CCN2CCN(c3ccccc3)CC2)N(C)c2nc3ccccc3n2C1=O. The predicted octanol–water partition coefficient (Wildman–Crippen LogP) is 4.92. The van der Waals surface area contributed by atoms with E-state index in [-0.39, 0.29) is 12.1 Å². The van der Waals surface area contributed by atoms with Gasteiger partial charge in [0.15, 0.2) is 0 Å². The van der Waals surface area contributed by atoms with Crippen LogP contribution in [0.25, 0.3) is 11.0 Å². The average molecular weight is 489 g/mol. The Labute approximate surface area is 215 Å². The van der Waals surface area contributed by atoms with Crippen LogP contribution in [0.15, 0.2) is 54.6 Å². The third kappa shape index (κ3) is 5.21. The fourth-order valence-electron chi connectivity index (χ4n) is 5.60. The van der Waals surface area contributed by atoms with E-state index in [1.54, 1.807) is 0 Å². The molecule has 1 atom stereocenters. The number of unbranched alkanes of at least 4 members (excludes halogenated alkanes) is 3. The van der Waals surface area contributed by atoms with Gasteiger partial charge < -0.3 is 14.7 Å². The van der Waals surface area contributed by atoms with E-state index in [2.05, 4.69) is 63.9 Å². The number of aromatic nitrogens is 2. The number of anilines is 2. The van der Waals surface area contributed by atoms with Crippen LogP contribution in [0.4, 0.5) is 16.4 Å². The third-order valence-electron chi connectivity index (χ3n) is 7.85. The summed E-state index contributed by atoms with van der Waals surface area (Å²) in [4.78, 5) is 28.0. The van der Waals surface area contributed by atoms with Gasteiger partial charge in [-0.1, -0.05) is 56.5 Å². The Balaban J connectivity index is 1.28. The monoisotopic (exact) mass is 488 g/mol. The van der Waals surface area contributed by atoms with E-state index in [4.69, 9.17) is 4.98 Å². The number of carbonyl (C=O) groups is 1. The number of likely N-dealkylation sites (N-methyl/N-ethyl adjacent to an activating group) is 1. The smallest absolute Gasteiger partial charge is 0.331 e. The number of hydrogen-bond acceptors (Lipinski definition) is 5. The number of imidazole rings is 1. The largest absolute Gasteiger partial charge is 0.369 e. The molecule has 3 aromatic rings. The first-order chi connectivity index (χ1) is 17.7. The van der Waals surface area contributed by atoms with Gasteiger partial charge in [0.1, 0.15) is 0 Å². The van der Waals surface area contributed by atoms with Crippen molar-refractivity contribution >= 4 is 28.7 Å². The van der Waals surface area contributed by atoms with Crippen molar-refractivity contribution in [3.8, 4) is 0 Å². The number of fused-ring (bicyclic) bond motifs is 3. The van der Waals surface area contributed by atoms with E-state index in [9.17, 15) is 4.79 Å². The lowest BCUT2D eigenvalue weighted by Crippen LogP contribution is -2.49. The second-order valence-corrected chi connectivity index (χ2v) is 10.2. The molecule has 1 amide bonds. The van der Waals surface area contributed by atoms with Gasteiger partial charge in [-0.2, -0.15) is 0 Å². The minimum Gasteiger partial charge on any atom is -0.369 e. The highest BCUT2D eigenvalue weighted by molar-refractivity contribution is 5.93. The van der Waals surface area contributed by atoms with E-state index in [1.165, 1.54) is 24.9 Å². The Morgan fingerprint density at radius 2 is 1.64 bits per heavy atom. The Hall–Kier alpha value is -3.06. The van der Waals surface area contributed by atoms with E-state index >= 15 is 0 Å². The Bertz CT molecular complexity index is 1140. The molecule has 2 aliphatic rings. The summed E-state index contributed by atoms with van der Waals surface area (Å²) in [6.07, 6.45) is 5.67. The molecule has 0 saturated carbocycles. The van der Waals surface area contributed by atoms with Gasteiger partial charge in [0.25, 0.3) is 0 Å². The molecule has 1 unspecified atom stereocenters. The molecule has 2 aliphatic heterocycles. The molecule has 2 aromatic carbocycles. The van der Waals surface area contributed by atoms with Crippen molar-refractivity contribution in [1.29, 1.82) is 0 Å². The Morgan fingerprint density at radius 3 is 2.42 bits per heavy atom. The van der Waals surface area contributed by atoms with E-state index in [0.29, 0.717) is 0 Å². The average Bonchev–Trinajstić information content (AvgIpc) is 3.28. The van der Waals surface area contributed by atoms with Gasteiger partial charge in [0.05, 0.1) is 17.1 Å². The molecule has 3 heterocycles. The maximum absolute atomic E-state index is 13.7. The van der Waals surface area contributed by atoms with Crippen molar-refractivity contribution in [2.45, 2.75) is 45.1 Å². The molecule has 0 radical (unpaired) electrons. The molecular weight excluding hydrogens is 448 g/mol. The zero-order chi connectivity index (χ0) is 24.9. The molecule has 1 saturated heterocycles. The molecular formula is C29H40N6O. The molecule has 0 spiro atoms. The molecule has 0 N–H and O–H groups in total. The fraction of sp³-hybridized carbons (Fsp3) is 0.517. The van der Waals surface area contributed by atoms with Crippen LogP contribution in [0.2, 0.25) is 0 Å². The number of amides is 1. The minimum absolute atomic E-state index is 0.0704. The van der Waals surface area contributed by atoms with Gasteiger partial charge in [-0.3, -0.25) is 4.90 Å². The molecule has 5 rings (SSSR count). The Morgan fingerprint density at radius 1 is 0.889 bits per heavy atom. The zero-order valence-electron chi connectivity index (χ0n) is 21.9. The lowest BCUT2D eigenvalue weighted by molar-refractivity contribution is 0.194. The van der Waals surface area contributed by atoms with Gasteiger partial charge in [-0.15, -0.1) is 0 Å². The van der Waals surface area contributed by atoms with Crippen LogP contribution in [0.3, 0.4) is 0 Å². The summed E-state index contributed by atoms with van der Waals surface area (Å²) in [5.74, 6) is 0.774. The van der Waals surface area contributed by atoms with Crippen LogP contribution in [0.5, 0.6) is 0 Å². The number of para-hydroxylation sites is 3. The van der Waals surface area contributed by atoms with Crippen molar-refractivity contribution in [2.75, 3.05) is 62.7 Å². The summed E-state index contributed by atoms with van der Waals surface area (Å²) >= 11 is 0. The number of piperazine rings is 1. The number of benzene rings is 2. The van der Waals surface area contributed by atoms with Gasteiger partial charge in [-0.05, 0) is 37.1 Å². The lowest BCUT2D eigenvalue weighted by atomic mass is 10.1. The topological polar surface area (TPSA) is 47.9 Å². The maximum atomic E-state index is 13.7. The first-order valence-electron chi connectivity index (χ1n) is 13.7. The molecule has 1 fully saturated rings. The highest BCUT2D eigenvalue weighted by Gasteiger charge is 2.33. The predicted molar refractivity (Wildman–Crippen MR) is 148 cm³/mol. The minimum atomic E-state index is 0.0704. The van der Waals surface area contributed by atoms with E-state index in [1.807, 2.05) is 28.8 Å². The van der Waals surface area contributed by atoms with E-state index < -0.39 is 0 Å². The van der Waals surface area contributed by atoms with Crippen molar-refractivity contribution in [1.82, 2.24) is 19.4 Å². The summed E-state index contributed by atoms with van der Waals surface area (Å²) in [6.45, 7) is 9.09. The third-order valence-corrected chi connectivity index (χ3v) is 7.85. The highest BCUT2D eigenvalue weighted by Crippen LogP contribution is 2.28. The van der Waals surface area contributed by atoms with Crippen LogP contribution in [0, 0.1) is 0 Å². The summed E-state index contributed by atoms with van der Waals surface area (Å²) < 4.78 is 1.84. The second-order valence-electron chi connectivity index (χ2n) is 10.2. The second kappa shape index (κ2) is 11.3. The summed E-state index contributed by atoms with van der Waals surface area (Å²) in [5.41, 5.74) is 3.11. The van der Waals surface area contributed by atoms with E-state index in [0.717, 1.165) is 75.6 Å². The van der Waals surface area contributed by atoms with Crippen LogP contribution in [0.1, 0.15) is 39.0 Å². The van der Waals surface area contributed by atoms with Crippen LogP contribution >= 0.6 is 0 Å². The first-order valence-corrected chi connectivity index (χ1v) is 13.7. The maximum Gasteiger partial charge on any atom is 0.331 e. The van der Waals surface area contributed by atoms with Gasteiger partial charge in [-0.25, -0.2) is 14.3 Å². The number of nitrogens with zero attached hydrogens (tertiary/aromatic N) is 6. The van der Waals surface area contributed by atoms with Crippen LogP contribution in [-0.2, 0) is 0 Å². The summed E-state index contributed by atoms with van der Waals surface area (Å²) in [5, 5.41) is 0. The fourth-order valence-corrected chi connectivity index (χ4v) is 5.60. The molecule has 7 heteroatoms. The van der Waals surface area contributed by atoms with Crippen molar-refractivity contribution < 1.29 is 4.79 Å². The normalized spacial score (nSPS) is 19.1. The Kier molecular flexibility index (Phi) is 7.75. The molecule has 7 nitrogen and oxygen atoms in total. The van der Waals surface area contributed by atoms with Crippen molar-refractivity contribution in [2.24, 2.45) is 0 Å². The molecule has 36 heavy (non-hydrogen) atoms. The van der Waals surface area contributed by atoms with Gasteiger partial charge in [0.2, 0.25) is 5.95 Å². The molecule has 0 bridgehead atoms. The standard InChI is InChI=1S/C29H40N6O/c1-3-4-5-11-17-34-23-25(16-18-32-19-21-33(22-20-32)24-12-7-6-8-13-24)31(2)28-30-26-14-9-10-15-27(26)35(28)29(34)36/h6-10,12-15,25H,3-5,11,16-23H2,1-2H3.